The zero-order valence-electron chi connectivity index (χ0n) is 8.59. The second-order valence-corrected chi connectivity index (χ2v) is 5.08. The highest BCUT2D eigenvalue weighted by Crippen LogP contribution is 2.57. The van der Waals surface area contributed by atoms with Crippen molar-refractivity contribution in [2.24, 2.45) is 11.3 Å². The van der Waals surface area contributed by atoms with Gasteiger partial charge in [-0.1, -0.05) is 0 Å². The van der Waals surface area contributed by atoms with Crippen LogP contribution in [0.25, 0.3) is 0 Å². The number of carbonyl (C=O) groups is 1. The molecule has 1 spiro atoms. The van der Waals surface area contributed by atoms with Gasteiger partial charge in [-0.2, -0.15) is 0 Å². The third-order valence-electron chi connectivity index (χ3n) is 4.18. The van der Waals surface area contributed by atoms with Gasteiger partial charge in [0.1, 0.15) is 0 Å². The molecule has 2 heterocycles. The van der Waals surface area contributed by atoms with Gasteiger partial charge in [-0.05, 0) is 37.6 Å². The standard InChI is InChI=1S/C11H18N2O/c14-10(13-5-1-2-6-13)9-7-11(9)3-4-12-8-11/h9,12H,1-8H2. The summed E-state index contributed by atoms with van der Waals surface area (Å²) in [5, 5.41) is 3.38. The van der Waals surface area contributed by atoms with Gasteiger partial charge in [0.05, 0.1) is 0 Å². The van der Waals surface area contributed by atoms with Crippen molar-refractivity contribution in [3.63, 3.8) is 0 Å². The second kappa shape index (κ2) is 2.96. The van der Waals surface area contributed by atoms with E-state index < -0.39 is 0 Å². The molecular formula is C11H18N2O. The molecule has 3 heteroatoms. The summed E-state index contributed by atoms with van der Waals surface area (Å²) in [5.74, 6) is 0.821. The van der Waals surface area contributed by atoms with Gasteiger partial charge in [-0.25, -0.2) is 0 Å². The molecule has 3 aliphatic rings. The number of hydrogen-bond donors (Lipinski definition) is 1. The smallest absolute Gasteiger partial charge is 0.226 e. The van der Waals surface area contributed by atoms with E-state index in [1.54, 1.807) is 0 Å². The van der Waals surface area contributed by atoms with Crippen molar-refractivity contribution in [1.29, 1.82) is 0 Å². The van der Waals surface area contributed by atoms with E-state index in [0.717, 1.165) is 32.6 Å². The number of nitrogens with one attached hydrogen (secondary N) is 1. The number of nitrogens with zero attached hydrogens (tertiary/aromatic N) is 1. The third kappa shape index (κ3) is 1.18. The predicted octanol–water partition coefficient (Wildman–Crippen LogP) is 0.608. The molecule has 0 bridgehead atoms. The van der Waals surface area contributed by atoms with Gasteiger partial charge in [0.2, 0.25) is 5.91 Å². The lowest BCUT2D eigenvalue weighted by atomic mass is 10.0. The maximum atomic E-state index is 12.1. The normalized spacial score (nSPS) is 40.9. The second-order valence-electron chi connectivity index (χ2n) is 5.08. The van der Waals surface area contributed by atoms with Crippen molar-refractivity contribution < 1.29 is 4.79 Å². The van der Waals surface area contributed by atoms with Crippen LogP contribution in [0.5, 0.6) is 0 Å². The molecule has 2 unspecified atom stereocenters. The molecule has 0 aromatic heterocycles. The van der Waals surface area contributed by atoms with Crippen molar-refractivity contribution in [3.8, 4) is 0 Å². The lowest BCUT2D eigenvalue weighted by molar-refractivity contribution is -0.132. The van der Waals surface area contributed by atoms with E-state index in [1.807, 2.05) is 0 Å². The van der Waals surface area contributed by atoms with Crippen molar-refractivity contribution in [2.45, 2.75) is 25.7 Å². The molecule has 3 rings (SSSR count). The fourth-order valence-corrected chi connectivity index (χ4v) is 3.09. The molecule has 1 amide bonds. The van der Waals surface area contributed by atoms with Crippen LogP contribution >= 0.6 is 0 Å². The number of amides is 1. The molecule has 2 atom stereocenters. The van der Waals surface area contributed by atoms with Crippen LogP contribution in [0.4, 0.5) is 0 Å². The van der Waals surface area contributed by atoms with E-state index in [-0.39, 0.29) is 0 Å². The van der Waals surface area contributed by atoms with E-state index in [0.29, 0.717) is 17.2 Å². The maximum Gasteiger partial charge on any atom is 0.226 e. The number of carbonyl (C=O) groups excluding carboxylic acids is 1. The van der Waals surface area contributed by atoms with E-state index in [2.05, 4.69) is 10.2 Å². The Bertz CT molecular complexity index is 252. The predicted molar refractivity (Wildman–Crippen MR) is 53.8 cm³/mol. The van der Waals surface area contributed by atoms with E-state index in [4.69, 9.17) is 0 Å². The Balaban J connectivity index is 1.64. The van der Waals surface area contributed by atoms with Gasteiger partial charge < -0.3 is 10.2 Å². The molecule has 1 saturated carbocycles. The molecule has 2 saturated heterocycles. The Morgan fingerprint density at radius 3 is 2.79 bits per heavy atom. The highest BCUT2D eigenvalue weighted by Gasteiger charge is 2.59. The molecule has 0 aromatic carbocycles. The first-order valence-corrected chi connectivity index (χ1v) is 5.81. The summed E-state index contributed by atoms with van der Waals surface area (Å²) in [5.41, 5.74) is 0.389. The largest absolute Gasteiger partial charge is 0.342 e. The lowest BCUT2D eigenvalue weighted by Crippen LogP contribution is -2.31. The zero-order chi connectivity index (χ0) is 9.60. The minimum Gasteiger partial charge on any atom is -0.342 e. The Morgan fingerprint density at radius 1 is 1.36 bits per heavy atom. The van der Waals surface area contributed by atoms with Crippen LogP contribution in [0.15, 0.2) is 0 Å². The Morgan fingerprint density at radius 2 is 2.14 bits per heavy atom. The Hall–Kier alpha value is -0.570. The Labute approximate surface area is 84.8 Å². The van der Waals surface area contributed by atoms with E-state index >= 15 is 0 Å². The summed E-state index contributed by atoms with van der Waals surface area (Å²) in [6.45, 7) is 4.22. The van der Waals surface area contributed by atoms with Crippen molar-refractivity contribution in [2.75, 3.05) is 26.2 Å². The highest BCUT2D eigenvalue weighted by atomic mass is 16.2. The van der Waals surface area contributed by atoms with E-state index in [1.165, 1.54) is 19.3 Å². The van der Waals surface area contributed by atoms with Crippen LogP contribution < -0.4 is 5.32 Å². The lowest BCUT2D eigenvalue weighted by Gasteiger charge is -2.16. The van der Waals surface area contributed by atoms with Crippen LogP contribution in [0.3, 0.4) is 0 Å². The quantitative estimate of drug-likeness (QED) is 0.663. The Kier molecular flexibility index (Phi) is 1.84. The van der Waals surface area contributed by atoms with Gasteiger partial charge in [0, 0.05) is 25.6 Å². The third-order valence-corrected chi connectivity index (χ3v) is 4.18. The van der Waals surface area contributed by atoms with Crippen LogP contribution in [0.1, 0.15) is 25.7 Å². The van der Waals surface area contributed by atoms with Gasteiger partial charge >= 0.3 is 0 Å². The van der Waals surface area contributed by atoms with Crippen LogP contribution in [0, 0.1) is 11.3 Å². The molecule has 78 valence electrons. The monoisotopic (exact) mass is 194 g/mol. The summed E-state index contributed by atoms with van der Waals surface area (Å²) < 4.78 is 0. The number of hydrogen-bond acceptors (Lipinski definition) is 2. The fraction of sp³-hybridized carbons (Fsp3) is 0.909. The van der Waals surface area contributed by atoms with Crippen LogP contribution in [-0.2, 0) is 4.79 Å². The summed E-state index contributed by atoms with van der Waals surface area (Å²) >= 11 is 0. The average molecular weight is 194 g/mol. The molecule has 2 aliphatic heterocycles. The maximum absolute atomic E-state index is 12.1. The van der Waals surface area contributed by atoms with Gasteiger partial charge in [0.15, 0.2) is 0 Å². The molecule has 3 nitrogen and oxygen atoms in total. The fourth-order valence-electron chi connectivity index (χ4n) is 3.09. The van der Waals surface area contributed by atoms with Crippen molar-refractivity contribution in [1.82, 2.24) is 10.2 Å². The summed E-state index contributed by atoms with van der Waals surface area (Å²) in [6.07, 6.45) is 4.79. The van der Waals surface area contributed by atoms with Gasteiger partial charge in [-0.3, -0.25) is 4.79 Å². The summed E-state index contributed by atoms with van der Waals surface area (Å²) in [7, 11) is 0. The topological polar surface area (TPSA) is 32.3 Å². The molecule has 14 heavy (non-hydrogen) atoms. The molecule has 1 aliphatic carbocycles. The molecule has 1 N–H and O–H groups in total. The molecule has 0 radical (unpaired) electrons. The first-order chi connectivity index (χ1) is 6.82. The molecular weight excluding hydrogens is 176 g/mol. The van der Waals surface area contributed by atoms with Crippen LogP contribution in [-0.4, -0.2) is 37.0 Å². The first kappa shape index (κ1) is 8.72. The van der Waals surface area contributed by atoms with Crippen molar-refractivity contribution in [3.05, 3.63) is 0 Å². The number of likely N-dealkylation sites (tertiary alicyclic amines) is 1. The molecule has 0 aromatic rings. The summed E-state index contributed by atoms with van der Waals surface area (Å²) in [4.78, 5) is 14.1. The van der Waals surface area contributed by atoms with Gasteiger partial charge in [-0.15, -0.1) is 0 Å². The summed E-state index contributed by atoms with van der Waals surface area (Å²) in [6, 6.07) is 0. The highest BCUT2D eigenvalue weighted by molar-refractivity contribution is 5.83. The first-order valence-electron chi connectivity index (χ1n) is 5.81. The SMILES string of the molecule is O=C(C1CC12CCNC2)N1CCCC1. The average Bonchev–Trinajstić information content (AvgIpc) is 2.62. The van der Waals surface area contributed by atoms with Crippen molar-refractivity contribution >= 4 is 5.91 Å². The zero-order valence-corrected chi connectivity index (χ0v) is 8.59. The van der Waals surface area contributed by atoms with Crippen LogP contribution in [0.2, 0.25) is 0 Å². The minimum absolute atomic E-state index is 0.371. The minimum atomic E-state index is 0.371. The van der Waals surface area contributed by atoms with E-state index in [9.17, 15) is 4.79 Å². The number of rotatable bonds is 1. The molecule has 3 fully saturated rings. The van der Waals surface area contributed by atoms with Gasteiger partial charge in [0.25, 0.3) is 0 Å².